The predicted molar refractivity (Wildman–Crippen MR) is 124 cm³/mol. The van der Waals surface area contributed by atoms with E-state index >= 15 is 0 Å². The molecule has 1 aromatic heterocycles. The lowest BCUT2D eigenvalue weighted by molar-refractivity contribution is 0.101. The van der Waals surface area contributed by atoms with Crippen molar-refractivity contribution in [2.45, 2.75) is 0 Å². The molecule has 4 aromatic rings. The average Bonchev–Trinajstić information content (AvgIpc) is 3.09. The minimum atomic E-state index is -0.423. The number of halogens is 2. The van der Waals surface area contributed by atoms with Crippen molar-refractivity contribution in [3.05, 3.63) is 82.0 Å². The number of urea groups is 1. The second kappa shape index (κ2) is 8.34. The molecule has 156 valence electrons. The van der Waals surface area contributed by atoms with Gasteiger partial charge in [0, 0.05) is 28.7 Å². The van der Waals surface area contributed by atoms with Crippen LogP contribution in [0.5, 0.6) is 0 Å². The highest BCUT2D eigenvalue weighted by molar-refractivity contribution is 6.37. The molecule has 1 heterocycles. The summed E-state index contributed by atoms with van der Waals surface area (Å²) in [5.74, 6) is -0.403. The van der Waals surface area contributed by atoms with Crippen molar-refractivity contribution in [1.29, 1.82) is 0 Å². The lowest BCUT2D eigenvalue weighted by atomic mass is 10.0. The molecule has 0 fully saturated rings. The third-order valence-electron chi connectivity index (χ3n) is 4.79. The van der Waals surface area contributed by atoms with Gasteiger partial charge in [0.05, 0.1) is 10.7 Å². The number of nitrogens with one attached hydrogen (secondary N) is 2. The number of fused-ring (bicyclic) bond motifs is 1. The van der Waals surface area contributed by atoms with Crippen LogP contribution in [0.1, 0.15) is 16.1 Å². The largest absolute Gasteiger partial charge is 0.450 e. The minimum Gasteiger partial charge on any atom is -0.450 e. The van der Waals surface area contributed by atoms with Crippen LogP contribution in [0.2, 0.25) is 10.0 Å². The van der Waals surface area contributed by atoms with E-state index in [0.717, 1.165) is 11.1 Å². The van der Waals surface area contributed by atoms with Crippen molar-refractivity contribution in [1.82, 2.24) is 5.32 Å². The molecule has 0 aliphatic carbocycles. The third-order valence-corrected chi connectivity index (χ3v) is 5.34. The molecule has 0 saturated heterocycles. The molecule has 4 N–H and O–H groups in total. The minimum absolute atomic E-state index is 0.0198. The number of nitrogen functional groups attached to an aromatic ring is 1. The van der Waals surface area contributed by atoms with Gasteiger partial charge in [-0.25, -0.2) is 4.79 Å². The van der Waals surface area contributed by atoms with Gasteiger partial charge in [-0.2, -0.15) is 0 Å². The van der Waals surface area contributed by atoms with E-state index in [9.17, 15) is 9.59 Å². The lowest BCUT2D eigenvalue weighted by Crippen LogP contribution is -2.24. The normalized spacial score (nSPS) is 10.8. The molecule has 0 unspecified atom stereocenters. The second-order valence-corrected chi connectivity index (χ2v) is 7.64. The van der Waals surface area contributed by atoms with Gasteiger partial charge < -0.3 is 20.8 Å². The molecule has 3 aromatic carbocycles. The Balaban J connectivity index is 1.72. The first-order chi connectivity index (χ1) is 14.9. The highest BCUT2D eigenvalue weighted by Gasteiger charge is 2.22. The highest BCUT2D eigenvalue weighted by Crippen LogP contribution is 2.35. The first-order valence-electron chi connectivity index (χ1n) is 9.28. The average molecular weight is 454 g/mol. The summed E-state index contributed by atoms with van der Waals surface area (Å²) >= 11 is 12.1. The smallest absolute Gasteiger partial charge is 0.318 e. The molecule has 2 amide bonds. The van der Waals surface area contributed by atoms with Crippen LogP contribution < -0.4 is 16.4 Å². The van der Waals surface area contributed by atoms with Crippen molar-refractivity contribution in [3.8, 4) is 11.1 Å². The predicted octanol–water partition coefficient (Wildman–Crippen LogP) is 5.97. The molecule has 8 heteroatoms. The summed E-state index contributed by atoms with van der Waals surface area (Å²) in [6.45, 7) is 0. The molecule has 0 atom stereocenters. The summed E-state index contributed by atoms with van der Waals surface area (Å²) < 4.78 is 5.83. The molecule has 0 aliphatic heterocycles. The van der Waals surface area contributed by atoms with E-state index in [1.807, 2.05) is 24.3 Å². The van der Waals surface area contributed by atoms with E-state index in [1.165, 1.54) is 12.1 Å². The first-order valence-corrected chi connectivity index (χ1v) is 10.0. The van der Waals surface area contributed by atoms with E-state index in [0.29, 0.717) is 21.7 Å². The molecule has 31 heavy (non-hydrogen) atoms. The van der Waals surface area contributed by atoms with Crippen molar-refractivity contribution in [3.63, 3.8) is 0 Å². The Morgan fingerprint density at radius 2 is 1.74 bits per heavy atom. The Kier molecular flexibility index (Phi) is 5.59. The molecule has 0 spiro atoms. The number of carbonyl (C=O) groups is 2. The molecule has 0 saturated carbocycles. The number of hydrogen-bond acceptors (Lipinski definition) is 4. The van der Waals surface area contributed by atoms with Gasteiger partial charge in [0.15, 0.2) is 5.76 Å². The quantitative estimate of drug-likeness (QED) is 0.331. The number of carbonyl (C=O) groups excluding carboxylic acids is 2. The van der Waals surface area contributed by atoms with E-state index in [4.69, 9.17) is 33.4 Å². The van der Waals surface area contributed by atoms with Crippen LogP contribution in [0.4, 0.5) is 16.2 Å². The van der Waals surface area contributed by atoms with Crippen molar-refractivity contribution in [2.24, 2.45) is 0 Å². The van der Waals surface area contributed by atoms with Crippen LogP contribution in [0.15, 0.2) is 65.1 Å². The van der Waals surface area contributed by atoms with Gasteiger partial charge >= 0.3 is 6.03 Å². The van der Waals surface area contributed by atoms with Crippen molar-refractivity contribution < 1.29 is 14.0 Å². The zero-order valence-electron chi connectivity index (χ0n) is 16.3. The van der Waals surface area contributed by atoms with Gasteiger partial charge in [0.1, 0.15) is 5.58 Å². The van der Waals surface area contributed by atoms with Gasteiger partial charge in [-0.1, -0.05) is 41.4 Å². The number of amides is 2. The van der Waals surface area contributed by atoms with E-state index in [1.54, 1.807) is 31.3 Å². The van der Waals surface area contributed by atoms with Crippen LogP contribution in [0.25, 0.3) is 22.1 Å². The number of rotatable bonds is 4. The summed E-state index contributed by atoms with van der Waals surface area (Å²) in [6, 6.07) is 17.1. The molecule has 0 aliphatic rings. The standard InChI is InChI=1S/C23H17Cl2N3O3/c1-27-23(30)28-15-4-2-3-12(9-15)13-5-7-17-19(10-13)31-22(20(17)26)21(29)16-8-6-14(24)11-18(16)25/h2-11H,26H2,1H3,(H2,27,28,30). The maximum absolute atomic E-state index is 13.0. The number of nitrogens with two attached hydrogens (primary N) is 1. The fourth-order valence-electron chi connectivity index (χ4n) is 3.23. The molecular formula is C23H17Cl2N3O3. The molecular weight excluding hydrogens is 437 g/mol. The van der Waals surface area contributed by atoms with Crippen molar-refractivity contribution >= 4 is 57.4 Å². The monoisotopic (exact) mass is 453 g/mol. The van der Waals surface area contributed by atoms with E-state index < -0.39 is 5.78 Å². The highest BCUT2D eigenvalue weighted by atomic mass is 35.5. The Morgan fingerprint density at radius 3 is 2.48 bits per heavy atom. The van der Waals surface area contributed by atoms with Crippen molar-refractivity contribution in [2.75, 3.05) is 18.1 Å². The van der Waals surface area contributed by atoms with Gasteiger partial charge in [0.25, 0.3) is 0 Å². The maximum atomic E-state index is 13.0. The van der Waals surface area contributed by atoms with Gasteiger partial charge in [-0.05, 0) is 53.6 Å². The van der Waals surface area contributed by atoms with Gasteiger partial charge in [-0.3, -0.25) is 4.79 Å². The number of hydrogen-bond donors (Lipinski definition) is 3. The van der Waals surface area contributed by atoms with Gasteiger partial charge in [0.2, 0.25) is 5.78 Å². The number of benzene rings is 3. The van der Waals surface area contributed by atoms with Crippen LogP contribution >= 0.6 is 23.2 Å². The van der Waals surface area contributed by atoms with Crippen LogP contribution in [0.3, 0.4) is 0 Å². The maximum Gasteiger partial charge on any atom is 0.318 e. The van der Waals surface area contributed by atoms with E-state index in [-0.39, 0.29) is 28.1 Å². The SMILES string of the molecule is CNC(=O)Nc1cccc(-c2ccc3c(N)c(C(=O)c4ccc(Cl)cc4Cl)oc3c2)c1. The summed E-state index contributed by atoms with van der Waals surface area (Å²) in [4.78, 5) is 24.5. The zero-order valence-corrected chi connectivity index (χ0v) is 17.8. The van der Waals surface area contributed by atoms with Gasteiger partial charge in [-0.15, -0.1) is 0 Å². The van der Waals surface area contributed by atoms with Crippen LogP contribution in [0, 0.1) is 0 Å². The Labute approximate surface area is 187 Å². The third kappa shape index (κ3) is 4.08. The zero-order chi connectivity index (χ0) is 22.1. The number of furan rings is 1. The fourth-order valence-corrected chi connectivity index (χ4v) is 3.73. The molecule has 0 radical (unpaired) electrons. The fraction of sp³-hybridized carbons (Fsp3) is 0.0435. The lowest BCUT2D eigenvalue weighted by Gasteiger charge is -2.07. The first kappa shape index (κ1) is 20.8. The topological polar surface area (TPSA) is 97.4 Å². The van der Waals surface area contributed by atoms with E-state index in [2.05, 4.69) is 10.6 Å². The summed E-state index contributed by atoms with van der Waals surface area (Å²) in [7, 11) is 1.55. The summed E-state index contributed by atoms with van der Waals surface area (Å²) in [5, 5.41) is 6.51. The Bertz CT molecular complexity index is 1330. The molecule has 6 nitrogen and oxygen atoms in total. The molecule has 4 rings (SSSR count). The number of ketones is 1. The number of anilines is 2. The Morgan fingerprint density at radius 1 is 0.968 bits per heavy atom. The second-order valence-electron chi connectivity index (χ2n) is 6.79. The van der Waals surface area contributed by atoms with Crippen LogP contribution in [-0.4, -0.2) is 18.9 Å². The van der Waals surface area contributed by atoms with Crippen LogP contribution in [-0.2, 0) is 0 Å². The molecule has 0 bridgehead atoms. The Hall–Kier alpha value is -3.48. The summed E-state index contributed by atoms with van der Waals surface area (Å²) in [5.41, 5.74) is 9.51. The summed E-state index contributed by atoms with van der Waals surface area (Å²) in [6.07, 6.45) is 0.